The van der Waals surface area contributed by atoms with Gasteiger partial charge in [0.2, 0.25) is 0 Å². The third-order valence-corrected chi connectivity index (χ3v) is 1.46. The number of aromatic carboxylic acids is 1. The molecule has 4 heteroatoms. The second-order valence-electron chi connectivity index (χ2n) is 2.48. The SMILES string of the molecule is C#CCONc1cccc(C(=O)O)c1. The fourth-order valence-electron chi connectivity index (χ4n) is 0.877. The van der Waals surface area contributed by atoms with Gasteiger partial charge in [-0.25, -0.2) is 4.79 Å². The molecule has 1 aromatic rings. The Kier molecular flexibility index (Phi) is 3.53. The van der Waals surface area contributed by atoms with Crippen LogP contribution in [0.4, 0.5) is 5.69 Å². The van der Waals surface area contributed by atoms with Crippen LogP contribution in [0.3, 0.4) is 0 Å². The van der Waals surface area contributed by atoms with Crippen LogP contribution >= 0.6 is 0 Å². The summed E-state index contributed by atoms with van der Waals surface area (Å²) < 4.78 is 0. The van der Waals surface area contributed by atoms with Crippen molar-refractivity contribution in [2.45, 2.75) is 0 Å². The first-order chi connectivity index (χ1) is 6.74. The largest absolute Gasteiger partial charge is 0.478 e. The van der Waals surface area contributed by atoms with Crippen LogP contribution in [0, 0.1) is 12.3 Å². The van der Waals surface area contributed by atoms with Crippen molar-refractivity contribution in [1.82, 2.24) is 0 Å². The maximum atomic E-state index is 10.6. The minimum atomic E-state index is -0.981. The fourth-order valence-corrected chi connectivity index (χ4v) is 0.877. The lowest BCUT2D eigenvalue weighted by Crippen LogP contribution is -2.03. The Labute approximate surface area is 81.5 Å². The number of rotatable bonds is 4. The Balaban J connectivity index is 2.65. The Morgan fingerprint density at radius 3 is 3.07 bits per heavy atom. The van der Waals surface area contributed by atoms with E-state index in [0.717, 1.165) is 0 Å². The summed E-state index contributed by atoms with van der Waals surface area (Å²) in [7, 11) is 0. The highest BCUT2D eigenvalue weighted by atomic mass is 16.6. The number of terminal acetylenes is 1. The van der Waals surface area contributed by atoms with E-state index in [-0.39, 0.29) is 12.2 Å². The van der Waals surface area contributed by atoms with E-state index in [1.54, 1.807) is 12.1 Å². The van der Waals surface area contributed by atoms with Crippen LogP contribution in [-0.4, -0.2) is 17.7 Å². The van der Waals surface area contributed by atoms with Gasteiger partial charge in [0, 0.05) is 0 Å². The lowest BCUT2D eigenvalue weighted by Gasteiger charge is -2.04. The normalized spacial score (nSPS) is 9.07. The average Bonchev–Trinajstić information content (AvgIpc) is 2.19. The first-order valence-corrected chi connectivity index (χ1v) is 3.88. The van der Waals surface area contributed by atoms with E-state index in [2.05, 4.69) is 11.4 Å². The Morgan fingerprint density at radius 2 is 2.43 bits per heavy atom. The molecule has 0 aromatic heterocycles. The average molecular weight is 191 g/mol. The van der Waals surface area contributed by atoms with E-state index < -0.39 is 5.97 Å². The monoisotopic (exact) mass is 191 g/mol. The summed E-state index contributed by atoms with van der Waals surface area (Å²) in [6.45, 7) is 0.122. The van der Waals surface area contributed by atoms with E-state index in [1.807, 2.05) is 0 Å². The molecule has 0 heterocycles. The number of hydrogen-bond donors (Lipinski definition) is 2. The molecule has 0 bridgehead atoms. The molecule has 0 fully saturated rings. The van der Waals surface area contributed by atoms with Crippen molar-refractivity contribution in [2.75, 3.05) is 12.1 Å². The maximum Gasteiger partial charge on any atom is 0.335 e. The van der Waals surface area contributed by atoms with Crippen LogP contribution in [0.25, 0.3) is 0 Å². The second-order valence-corrected chi connectivity index (χ2v) is 2.48. The van der Waals surface area contributed by atoms with E-state index in [1.165, 1.54) is 12.1 Å². The van der Waals surface area contributed by atoms with Crippen LogP contribution in [0.1, 0.15) is 10.4 Å². The fraction of sp³-hybridized carbons (Fsp3) is 0.100. The summed E-state index contributed by atoms with van der Waals surface area (Å²) >= 11 is 0. The summed E-state index contributed by atoms with van der Waals surface area (Å²) in [6, 6.07) is 6.25. The highest BCUT2D eigenvalue weighted by Gasteiger charge is 2.02. The summed E-state index contributed by atoms with van der Waals surface area (Å²) in [4.78, 5) is 15.4. The first kappa shape index (κ1) is 10.1. The van der Waals surface area contributed by atoms with Gasteiger partial charge in [0.25, 0.3) is 0 Å². The van der Waals surface area contributed by atoms with Crippen LogP contribution in [0.5, 0.6) is 0 Å². The van der Waals surface area contributed by atoms with Crippen molar-refractivity contribution >= 4 is 11.7 Å². The van der Waals surface area contributed by atoms with E-state index in [0.29, 0.717) is 5.69 Å². The molecule has 2 N–H and O–H groups in total. The third kappa shape index (κ3) is 2.81. The molecule has 0 saturated carbocycles. The molecule has 0 aliphatic rings. The van der Waals surface area contributed by atoms with Gasteiger partial charge in [0.05, 0.1) is 11.3 Å². The molecular formula is C10H9NO3. The van der Waals surface area contributed by atoms with Gasteiger partial charge in [-0.3, -0.25) is 10.3 Å². The lowest BCUT2D eigenvalue weighted by atomic mass is 10.2. The smallest absolute Gasteiger partial charge is 0.335 e. The predicted octanol–water partition coefficient (Wildman–Crippen LogP) is 1.36. The first-order valence-electron chi connectivity index (χ1n) is 3.88. The van der Waals surface area contributed by atoms with Gasteiger partial charge >= 0.3 is 5.97 Å². The van der Waals surface area contributed by atoms with Crippen molar-refractivity contribution in [3.05, 3.63) is 29.8 Å². The summed E-state index contributed by atoms with van der Waals surface area (Å²) in [5, 5.41) is 8.68. The summed E-state index contributed by atoms with van der Waals surface area (Å²) in [6.07, 6.45) is 4.96. The minimum absolute atomic E-state index is 0.122. The number of carboxylic acids is 1. The third-order valence-electron chi connectivity index (χ3n) is 1.46. The molecule has 0 saturated heterocycles. The number of nitrogens with one attached hydrogen (secondary N) is 1. The van der Waals surface area contributed by atoms with Crippen molar-refractivity contribution in [2.24, 2.45) is 0 Å². The highest BCUT2D eigenvalue weighted by Crippen LogP contribution is 2.10. The maximum absolute atomic E-state index is 10.6. The minimum Gasteiger partial charge on any atom is -0.478 e. The Bertz CT molecular complexity index is 368. The van der Waals surface area contributed by atoms with Crippen molar-refractivity contribution in [3.63, 3.8) is 0 Å². The van der Waals surface area contributed by atoms with E-state index in [4.69, 9.17) is 16.4 Å². The number of hydrogen-bond acceptors (Lipinski definition) is 3. The standard InChI is InChI=1S/C10H9NO3/c1-2-6-14-11-9-5-3-4-8(7-9)10(12)13/h1,3-5,7,11H,6H2,(H,12,13). The Morgan fingerprint density at radius 1 is 1.64 bits per heavy atom. The molecule has 1 rings (SSSR count). The highest BCUT2D eigenvalue weighted by molar-refractivity contribution is 5.88. The van der Waals surface area contributed by atoms with Gasteiger partial charge in [-0.1, -0.05) is 12.0 Å². The molecule has 0 aliphatic heterocycles. The van der Waals surface area contributed by atoms with Crippen molar-refractivity contribution in [3.8, 4) is 12.3 Å². The van der Waals surface area contributed by atoms with Crippen LogP contribution in [0.2, 0.25) is 0 Å². The van der Waals surface area contributed by atoms with Gasteiger partial charge in [0.15, 0.2) is 0 Å². The predicted molar refractivity (Wildman–Crippen MR) is 51.8 cm³/mol. The molecule has 0 atom stereocenters. The molecule has 0 aliphatic carbocycles. The number of carbonyl (C=O) groups is 1. The number of anilines is 1. The Hall–Kier alpha value is -1.99. The lowest BCUT2D eigenvalue weighted by molar-refractivity contribution is 0.0697. The van der Waals surface area contributed by atoms with Gasteiger partial charge in [-0.05, 0) is 18.2 Å². The number of benzene rings is 1. The molecule has 0 spiro atoms. The molecule has 0 amide bonds. The van der Waals surface area contributed by atoms with Crippen molar-refractivity contribution < 1.29 is 14.7 Å². The molecule has 0 unspecified atom stereocenters. The molecule has 72 valence electrons. The van der Waals surface area contributed by atoms with E-state index in [9.17, 15) is 4.79 Å². The molecule has 0 radical (unpaired) electrons. The second kappa shape index (κ2) is 4.90. The quantitative estimate of drug-likeness (QED) is 0.428. The van der Waals surface area contributed by atoms with Crippen LogP contribution < -0.4 is 5.48 Å². The molecule has 1 aromatic carbocycles. The zero-order chi connectivity index (χ0) is 10.4. The van der Waals surface area contributed by atoms with Crippen molar-refractivity contribution in [1.29, 1.82) is 0 Å². The van der Waals surface area contributed by atoms with Gasteiger partial charge in [-0.2, -0.15) is 0 Å². The zero-order valence-electron chi connectivity index (χ0n) is 7.36. The topological polar surface area (TPSA) is 58.6 Å². The molecule has 14 heavy (non-hydrogen) atoms. The van der Waals surface area contributed by atoms with Gasteiger partial charge in [0.1, 0.15) is 6.61 Å². The van der Waals surface area contributed by atoms with Crippen LogP contribution in [-0.2, 0) is 4.84 Å². The van der Waals surface area contributed by atoms with Gasteiger partial charge in [-0.15, -0.1) is 6.42 Å². The van der Waals surface area contributed by atoms with E-state index >= 15 is 0 Å². The van der Waals surface area contributed by atoms with Crippen LogP contribution in [0.15, 0.2) is 24.3 Å². The summed E-state index contributed by atoms with van der Waals surface area (Å²) in [5.74, 6) is 1.29. The molecular weight excluding hydrogens is 182 g/mol. The number of carboxylic acid groups (broad SMARTS) is 1. The van der Waals surface area contributed by atoms with Gasteiger partial charge < -0.3 is 5.11 Å². The summed E-state index contributed by atoms with van der Waals surface area (Å²) in [5.41, 5.74) is 3.28. The molecule has 4 nitrogen and oxygen atoms in total. The zero-order valence-corrected chi connectivity index (χ0v) is 7.36.